The van der Waals surface area contributed by atoms with Crippen LogP contribution >= 0.6 is 11.6 Å². The van der Waals surface area contributed by atoms with Crippen LogP contribution in [-0.4, -0.2) is 38.9 Å². The average molecular weight is 401 g/mol. The standard InChI is InChI=1S/C22H41ClN2O2/c1-19(2)16(23)10-13-22(5,27-19)15-8-11-20(3,25-7)14-9-12-21(4,26)18(24-6)17(14)15/h14-18,26H,6-13,24-25H2,1-5H3/t14-,15-,16-,17-,18+,20+,21+,22+/m0/s1. The highest BCUT2D eigenvalue weighted by molar-refractivity contribution is 6.21. The molecular formula is C22H41ClN2O2. The van der Waals surface area contributed by atoms with Crippen molar-refractivity contribution in [3.05, 3.63) is 14.1 Å². The third-order valence-electron chi connectivity index (χ3n) is 8.51. The van der Waals surface area contributed by atoms with E-state index in [1.165, 1.54) is 0 Å². The molecule has 5 N–H and O–H groups in total. The molecule has 0 aromatic rings. The van der Waals surface area contributed by atoms with Crippen LogP contribution in [0.5, 0.6) is 0 Å². The number of quaternary nitrogens is 2. The monoisotopic (exact) mass is 400 g/mol. The molecule has 3 rings (SSSR count). The van der Waals surface area contributed by atoms with E-state index < -0.39 is 5.60 Å². The SMILES string of the molecule is [CH2-][NH2+][C@@H]1[C@H]2[C@H](CC[C@@]1(C)O)[C@](C)([NH2+][CH2-])CC[C@@H]2[C@@]1(C)CC[C@H](Cl)C(C)(C)O1. The van der Waals surface area contributed by atoms with Gasteiger partial charge in [0.05, 0.1) is 28.2 Å². The molecular weight excluding hydrogens is 360 g/mol. The van der Waals surface area contributed by atoms with Gasteiger partial charge in [-0.2, -0.15) is 14.1 Å². The third kappa shape index (κ3) is 3.59. The topological polar surface area (TPSA) is 62.7 Å². The molecule has 3 aliphatic rings. The van der Waals surface area contributed by atoms with Crippen LogP contribution in [0.25, 0.3) is 0 Å². The molecule has 8 atom stereocenters. The van der Waals surface area contributed by atoms with E-state index in [0.29, 0.717) is 17.8 Å². The zero-order valence-corrected chi connectivity index (χ0v) is 18.7. The van der Waals surface area contributed by atoms with Crippen LogP contribution in [0.3, 0.4) is 0 Å². The summed E-state index contributed by atoms with van der Waals surface area (Å²) in [6.45, 7) is 10.9. The van der Waals surface area contributed by atoms with Gasteiger partial charge < -0.3 is 20.5 Å². The minimum atomic E-state index is -0.698. The van der Waals surface area contributed by atoms with Gasteiger partial charge in [0.2, 0.25) is 0 Å². The number of rotatable bonds is 3. The van der Waals surface area contributed by atoms with Crippen molar-refractivity contribution in [1.29, 1.82) is 0 Å². The fourth-order valence-electron chi connectivity index (χ4n) is 6.73. The summed E-state index contributed by atoms with van der Waals surface area (Å²) in [5.41, 5.74) is -1.12. The van der Waals surface area contributed by atoms with Gasteiger partial charge in [-0.1, -0.05) is 0 Å². The Hall–Kier alpha value is 0.130. The predicted octanol–water partition coefficient (Wildman–Crippen LogP) is 1.97. The third-order valence-corrected chi connectivity index (χ3v) is 9.26. The minimum Gasteiger partial charge on any atom is -0.474 e. The maximum Gasteiger partial charge on any atom is 0.111 e. The van der Waals surface area contributed by atoms with Gasteiger partial charge in [-0.05, 0) is 72.6 Å². The van der Waals surface area contributed by atoms with Crippen LogP contribution in [-0.2, 0) is 4.74 Å². The second kappa shape index (κ2) is 7.12. The number of hydrogen-bond acceptors (Lipinski definition) is 2. The van der Waals surface area contributed by atoms with Crippen molar-refractivity contribution in [2.75, 3.05) is 0 Å². The first-order valence-corrected chi connectivity index (χ1v) is 11.2. The largest absolute Gasteiger partial charge is 0.474 e. The van der Waals surface area contributed by atoms with Gasteiger partial charge in [0.25, 0.3) is 0 Å². The molecule has 27 heavy (non-hydrogen) atoms. The molecule has 0 aromatic carbocycles. The second-order valence-electron chi connectivity index (χ2n) is 10.7. The van der Waals surface area contributed by atoms with Gasteiger partial charge in [0, 0.05) is 18.3 Å². The highest BCUT2D eigenvalue weighted by Gasteiger charge is 2.62. The van der Waals surface area contributed by atoms with Crippen molar-refractivity contribution >= 4 is 11.6 Å². The molecule has 0 bridgehead atoms. The lowest BCUT2D eigenvalue weighted by atomic mass is 9.50. The van der Waals surface area contributed by atoms with E-state index in [1.54, 1.807) is 0 Å². The van der Waals surface area contributed by atoms with Crippen molar-refractivity contribution in [3.8, 4) is 0 Å². The highest BCUT2D eigenvalue weighted by atomic mass is 35.5. The number of fused-ring (bicyclic) bond motifs is 1. The van der Waals surface area contributed by atoms with Crippen molar-refractivity contribution in [3.63, 3.8) is 0 Å². The van der Waals surface area contributed by atoms with E-state index in [0.717, 1.165) is 38.5 Å². The predicted molar refractivity (Wildman–Crippen MR) is 109 cm³/mol. The number of alkyl halides is 1. The Balaban J connectivity index is 2.00. The van der Waals surface area contributed by atoms with Crippen molar-refractivity contribution < 1.29 is 20.5 Å². The minimum absolute atomic E-state index is 0.0491. The molecule has 3 fully saturated rings. The van der Waals surface area contributed by atoms with E-state index in [4.69, 9.17) is 16.3 Å². The first kappa shape index (κ1) is 21.8. The molecule has 5 heteroatoms. The lowest BCUT2D eigenvalue weighted by molar-refractivity contribution is -0.703. The molecule has 2 saturated carbocycles. The van der Waals surface area contributed by atoms with Gasteiger partial charge in [-0.15, -0.1) is 11.6 Å². The smallest absolute Gasteiger partial charge is 0.111 e. The summed E-state index contributed by atoms with van der Waals surface area (Å²) in [4.78, 5) is 0. The Labute approximate surface area is 171 Å². The van der Waals surface area contributed by atoms with Crippen molar-refractivity contribution in [2.24, 2.45) is 17.8 Å². The average Bonchev–Trinajstić information content (AvgIpc) is 2.57. The first-order valence-electron chi connectivity index (χ1n) is 10.7. The lowest BCUT2D eigenvalue weighted by Crippen LogP contribution is -2.98. The Morgan fingerprint density at radius 2 is 1.59 bits per heavy atom. The zero-order valence-electron chi connectivity index (χ0n) is 17.9. The summed E-state index contributed by atoms with van der Waals surface area (Å²) in [5, 5.41) is 15.4. The van der Waals surface area contributed by atoms with E-state index in [9.17, 15) is 5.11 Å². The number of hydrogen-bond donors (Lipinski definition) is 3. The first-order chi connectivity index (χ1) is 12.4. The van der Waals surface area contributed by atoms with Crippen LogP contribution in [0.4, 0.5) is 0 Å². The molecule has 4 nitrogen and oxygen atoms in total. The van der Waals surface area contributed by atoms with Gasteiger partial charge in [0.1, 0.15) is 5.60 Å². The van der Waals surface area contributed by atoms with Gasteiger partial charge in [0.15, 0.2) is 0 Å². The quantitative estimate of drug-likeness (QED) is 0.501. The van der Waals surface area contributed by atoms with Crippen LogP contribution < -0.4 is 10.6 Å². The molecule has 158 valence electrons. The second-order valence-corrected chi connectivity index (χ2v) is 11.2. The summed E-state index contributed by atoms with van der Waals surface area (Å²) in [5.74, 6) is 1.26. The number of halogens is 1. The molecule has 0 amide bonds. The van der Waals surface area contributed by atoms with E-state index in [2.05, 4.69) is 47.1 Å². The van der Waals surface area contributed by atoms with Crippen LogP contribution in [0.1, 0.15) is 73.1 Å². The van der Waals surface area contributed by atoms with Crippen LogP contribution in [0, 0.1) is 31.8 Å². The van der Waals surface area contributed by atoms with E-state index in [-0.39, 0.29) is 28.2 Å². The summed E-state index contributed by atoms with van der Waals surface area (Å²) < 4.78 is 6.75. The van der Waals surface area contributed by atoms with Gasteiger partial charge >= 0.3 is 0 Å². The highest BCUT2D eigenvalue weighted by Crippen LogP contribution is 2.55. The maximum absolute atomic E-state index is 11.2. The van der Waals surface area contributed by atoms with E-state index in [1.807, 2.05) is 12.2 Å². The molecule has 1 heterocycles. The molecule has 0 radical (unpaired) electrons. The van der Waals surface area contributed by atoms with E-state index >= 15 is 0 Å². The molecule has 0 unspecified atom stereocenters. The van der Waals surface area contributed by atoms with Gasteiger partial charge in [-0.25, -0.2) is 0 Å². The molecule has 2 aliphatic carbocycles. The van der Waals surface area contributed by atoms with Crippen molar-refractivity contribution in [2.45, 2.75) is 107 Å². The zero-order chi connectivity index (χ0) is 20.3. The molecule has 0 spiro atoms. The Kier molecular flexibility index (Phi) is 5.76. The van der Waals surface area contributed by atoms with Crippen LogP contribution in [0.15, 0.2) is 0 Å². The molecule has 1 saturated heterocycles. The molecule has 1 aliphatic heterocycles. The summed E-state index contributed by atoms with van der Waals surface area (Å²) in [7, 11) is 8.33. The normalized spacial score (nSPS) is 53.0. The van der Waals surface area contributed by atoms with Crippen LogP contribution in [0.2, 0.25) is 0 Å². The van der Waals surface area contributed by atoms with Crippen molar-refractivity contribution in [1.82, 2.24) is 0 Å². The van der Waals surface area contributed by atoms with Gasteiger partial charge in [-0.3, -0.25) is 0 Å². The Bertz CT molecular complexity index is 554. The lowest BCUT2D eigenvalue weighted by Gasteiger charge is -2.61. The number of ether oxygens (including phenoxy) is 1. The fourth-order valence-corrected chi connectivity index (χ4v) is 6.88. The fraction of sp³-hybridized carbons (Fsp3) is 0.909. The summed E-state index contributed by atoms with van der Waals surface area (Å²) in [6, 6.07) is 0.0816. The Morgan fingerprint density at radius 3 is 2.15 bits per heavy atom. The number of nitrogens with two attached hydrogens (primary N) is 2. The maximum atomic E-state index is 11.2. The Morgan fingerprint density at radius 1 is 0.963 bits per heavy atom. The summed E-state index contributed by atoms with van der Waals surface area (Å²) in [6.07, 6.45) is 6.07. The molecule has 0 aromatic heterocycles. The number of aliphatic hydroxyl groups is 1. The summed E-state index contributed by atoms with van der Waals surface area (Å²) >= 11 is 6.59.